The van der Waals surface area contributed by atoms with E-state index in [0.717, 1.165) is 0 Å². The van der Waals surface area contributed by atoms with Gasteiger partial charge in [0.2, 0.25) is 0 Å². The Morgan fingerprint density at radius 2 is 1.85 bits per heavy atom. The number of hydrogen-bond acceptors (Lipinski definition) is 4. The molecule has 2 aromatic heterocycles. The molecule has 4 rings (SSSR count). The molecule has 176 valence electrons. The third-order valence-electron chi connectivity index (χ3n) is 5.02. The van der Waals surface area contributed by atoms with E-state index in [0.29, 0.717) is 38.6 Å². The number of pyridine rings is 1. The zero-order valence-electron chi connectivity index (χ0n) is 19.5. The Bertz CT molecular complexity index is 1390. The SMILES string of the molecule is CCOC(=O)c1cccc2nc(-c3ccc(-c4ccccc4S(=O)NC(C)(C)C)cc3F)cn12. The maximum Gasteiger partial charge on any atom is 0.355 e. The summed E-state index contributed by atoms with van der Waals surface area (Å²) in [5.41, 5.74) is 2.47. The normalized spacial score (nSPS) is 12.6. The Balaban J connectivity index is 1.72. The van der Waals surface area contributed by atoms with Gasteiger partial charge in [0.05, 0.1) is 17.2 Å². The van der Waals surface area contributed by atoms with Gasteiger partial charge in [-0.15, -0.1) is 0 Å². The van der Waals surface area contributed by atoms with Crippen molar-refractivity contribution in [3.8, 4) is 22.4 Å². The van der Waals surface area contributed by atoms with Crippen molar-refractivity contribution >= 4 is 22.6 Å². The number of carbonyl (C=O) groups is 1. The van der Waals surface area contributed by atoms with Crippen molar-refractivity contribution < 1.29 is 18.1 Å². The number of ether oxygens (including phenoxy) is 1. The van der Waals surface area contributed by atoms with E-state index in [1.54, 1.807) is 53.9 Å². The molecule has 0 aliphatic rings. The first-order valence-electron chi connectivity index (χ1n) is 10.9. The van der Waals surface area contributed by atoms with E-state index in [1.165, 1.54) is 6.07 Å². The predicted molar refractivity (Wildman–Crippen MR) is 131 cm³/mol. The Morgan fingerprint density at radius 3 is 2.56 bits per heavy atom. The van der Waals surface area contributed by atoms with Gasteiger partial charge in [0.15, 0.2) is 0 Å². The molecular formula is C26H26FN3O3S. The van der Waals surface area contributed by atoms with Gasteiger partial charge in [-0.3, -0.25) is 4.40 Å². The maximum atomic E-state index is 15.3. The number of rotatable bonds is 6. The lowest BCUT2D eigenvalue weighted by Crippen LogP contribution is -2.37. The summed E-state index contributed by atoms with van der Waals surface area (Å²) in [5.74, 6) is -0.940. The molecule has 8 heteroatoms. The van der Waals surface area contributed by atoms with Crippen molar-refractivity contribution in [2.45, 2.75) is 38.1 Å². The summed E-state index contributed by atoms with van der Waals surface area (Å²) in [6.45, 7) is 7.80. The molecule has 1 atom stereocenters. The van der Waals surface area contributed by atoms with Crippen LogP contribution in [0.25, 0.3) is 28.0 Å². The largest absolute Gasteiger partial charge is 0.461 e. The molecule has 0 fully saturated rings. The van der Waals surface area contributed by atoms with Gasteiger partial charge in [0.25, 0.3) is 0 Å². The summed E-state index contributed by atoms with van der Waals surface area (Å²) < 4.78 is 38.0. The van der Waals surface area contributed by atoms with Crippen molar-refractivity contribution in [2.24, 2.45) is 0 Å². The average Bonchev–Trinajstić information content (AvgIpc) is 3.22. The number of aromatic nitrogens is 2. The molecule has 0 aliphatic heterocycles. The van der Waals surface area contributed by atoms with Crippen LogP contribution in [-0.2, 0) is 15.7 Å². The Labute approximate surface area is 200 Å². The molecule has 0 bridgehead atoms. The van der Waals surface area contributed by atoms with Crippen LogP contribution in [0.4, 0.5) is 4.39 Å². The summed E-state index contributed by atoms with van der Waals surface area (Å²) >= 11 is 0. The van der Waals surface area contributed by atoms with Gasteiger partial charge < -0.3 is 4.74 Å². The zero-order chi connectivity index (χ0) is 24.5. The fourth-order valence-electron chi connectivity index (χ4n) is 3.60. The predicted octanol–water partition coefficient (Wildman–Crippen LogP) is 5.39. The van der Waals surface area contributed by atoms with Crippen LogP contribution >= 0.6 is 0 Å². The molecule has 1 unspecified atom stereocenters. The van der Waals surface area contributed by atoms with E-state index in [-0.39, 0.29) is 12.1 Å². The molecule has 0 radical (unpaired) electrons. The number of nitrogens with zero attached hydrogens (tertiary/aromatic N) is 2. The molecule has 0 saturated carbocycles. The third-order valence-corrected chi connectivity index (χ3v) is 6.57. The lowest BCUT2D eigenvalue weighted by molar-refractivity contribution is 0.0517. The van der Waals surface area contributed by atoms with Crippen molar-refractivity contribution in [1.82, 2.24) is 14.1 Å². The van der Waals surface area contributed by atoms with E-state index in [1.807, 2.05) is 39.0 Å². The molecule has 0 saturated heterocycles. The molecule has 1 N–H and O–H groups in total. The van der Waals surface area contributed by atoms with Gasteiger partial charge >= 0.3 is 5.97 Å². The maximum absolute atomic E-state index is 15.3. The van der Waals surface area contributed by atoms with Gasteiger partial charge in [-0.1, -0.05) is 30.3 Å². The zero-order valence-corrected chi connectivity index (χ0v) is 20.3. The van der Waals surface area contributed by atoms with Crippen molar-refractivity contribution in [3.63, 3.8) is 0 Å². The second-order valence-corrected chi connectivity index (χ2v) is 9.98. The highest BCUT2D eigenvalue weighted by Crippen LogP contribution is 2.31. The minimum absolute atomic E-state index is 0.254. The van der Waals surface area contributed by atoms with E-state index in [2.05, 4.69) is 9.71 Å². The molecule has 2 heterocycles. The van der Waals surface area contributed by atoms with E-state index < -0.39 is 22.8 Å². The Hall–Kier alpha value is -3.36. The number of hydrogen-bond donors (Lipinski definition) is 1. The topological polar surface area (TPSA) is 72.7 Å². The number of carbonyl (C=O) groups excluding carboxylic acids is 1. The highest BCUT2D eigenvalue weighted by molar-refractivity contribution is 7.83. The Morgan fingerprint density at radius 1 is 1.09 bits per heavy atom. The summed E-state index contributed by atoms with van der Waals surface area (Å²) in [4.78, 5) is 17.3. The van der Waals surface area contributed by atoms with Crippen molar-refractivity contribution in [1.29, 1.82) is 0 Å². The first-order valence-corrected chi connectivity index (χ1v) is 12.1. The smallest absolute Gasteiger partial charge is 0.355 e. The van der Waals surface area contributed by atoms with Crippen LogP contribution in [0.1, 0.15) is 38.2 Å². The summed E-state index contributed by atoms with van der Waals surface area (Å²) in [6, 6.07) is 17.2. The number of imidazole rings is 1. The van der Waals surface area contributed by atoms with E-state index in [9.17, 15) is 9.00 Å². The first-order chi connectivity index (χ1) is 16.2. The first kappa shape index (κ1) is 23.8. The summed E-state index contributed by atoms with van der Waals surface area (Å²) in [5, 5.41) is 0. The average molecular weight is 480 g/mol. The second-order valence-electron chi connectivity index (χ2n) is 8.80. The van der Waals surface area contributed by atoms with Gasteiger partial charge in [0, 0.05) is 17.3 Å². The van der Waals surface area contributed by atoms with E-state index in [4.69, 9.17) is 4.74 Å². The Kier molecular flexibility index (Phi) is 6.63. The minimum Gasteiger partial charge on any atom is -0.461 e. The molecule has 6 nitrogen and oxygen atoms in total. The van der Waals surface area contributed by atoms with E-state index >= 15 is 4.39 Å². The third kappa shape index (κ3) is 4.93. The van der Waals surface area contributed by atoms with Crippen LogP contribution in [0.5, 0.6) is 0 Å². The molecule has 34 heavy (non-hydrogen) atoms. The molecule has 0 aliphatic carbocycles. The van der Waals surface area contributed by atoms with Crippen LogP contribution in [-0.4, -0.2) is 31.7 Å². The van der Waals surface area contributed by atoms with Crippen molar-refractivity contribution in [3.05, 3.63) is 78.4 Å². The lowest BCUT2D eigenvalue weighted by atomic mass is 10.0. The number of benzene rings is 2. The van der Waals surface area contributed by atoms with Crippen LogP contribution in [0.15, 0.2) is 71.8 Å². The quantitative estimate of drug-likeness (QED) is 0.376. The molecule has 2 aromatic carbocycles. The number of nitrogens with one attached hydrogen (secondary N) is 1. The summed E-state index contributed by atoms with van der Waals surface area (Å²) in [7, 11) is -1.46. The van der Waals surface area contributed by atoms with Crippen LogP contribution < -0.4 is 4.72 Å². The van der Waals surface area contributed by atoms with Gasteiger partial charge in [0.1, 0.15) is 28.1 Å². The van der Waals surface area contributed by atoms with Crippen molar-refractivity contribution in [2.75, 3.05) is 6.61 Å². The highest BCUT2D eigenvalue weighted by Gasteiger charge is 2.19. The standard InChI is InChI=1S/C26H26FN3O3S/c1-5-33-25(31)22-10-8-12-24-28-21(16-30(22)24)19-14-13-17(15-20(19)27)18-9-6-7-11-23(18)34(32)29-26(2,3)4/h6-16,29H,5H2,1-4H3. The minimum atomic E-state index is -1.46. The molecule has 4 aromatic rings. The number of esters is 1. The monoisotopic (exact) mass is 479 g/mol. The fourth-order valence-corrected chi connectivity index (χ4v) is 4.86. The molecule has 0 amide bonds. The lowest BCUT2D eigenvalue weighted by Gasteiger charge is -2.20. The van der Waals surface area contributed by atoms with Crippen LogP contribution in [0.2, 0.25) is 0 Å². The second kappa shape index (κ2) is 9.48. The molecular weight excluding hydrogens is 453 g/mol. The highest BCUT2D eigenvalue weighted by atomic mass is 32.2. The number of halogens is 1. The number of fused-ring (bicyclic) bond motifs is 1. The summed E-state index contributed by atoms with van der Waals surface area (Å²) in [6.07, 6.45) is 1.62. The fraction of sp³-hybridized carbons (Fsp3) is 0.231. The van der Waals surface area contributed by atoms with Gasteiger partial charge in [-0.05, 0) is 69.2 Å². The van der Waals surface area contributed by atoms with Crippen LogP contribution in [0, 0.1) is 5.82 Å². The van der Waals surface area contributed by atoms with Crippen LogP contribution in [0.3, 0.4) is 0 Å². The van der Waals surface area contributed by atoms with Gasteiger partial charge in [-0.25, -0.2) is 23.1 Å². The van der Waals surface area contributed by atoms with Gasteiger partial charge in [-0.2, -0.15) is 0 Å². The molecule has 0 spiro atoms.